The second kappa shape index (κ2) is 13.7. The molecule has 40 heavy (non-hydrogen) atoms. The number of benzene rings is 3. The SMILES string of the molecule is CCCNC(=O)[C@H](C)N(Cc1c(Cl)cccc1Cl)C(=O)CN(c1ccc(C)c(Cl)c1)S(=O)(=O)c1ccc(C)cc1. The smallest absolute Gasteiger partial charge is 0.264 e. The van der Waals surface area contributed by atoms with Crippen LogP contribution in [0.5, 0.6) is 0 Å². The summed E-state index contributed by atoms with van der Waals surface area (Å²) in [5, 5.41) is 3.78. The van der Waals surface area contributed by atoms with Gasteiger partial charge in [-0.15, -0.1) is 0 Å². The summed E-state index contributed by atoms with van der Waals surface area (Å²) >= 11 is 19.2. The molecule has 0 aromatic heterocycles. The molecule has 214 valence electrons. The number of carbonyl (C=O) groups is 2. The monoisotopic (exact) mass is 623 g/mol. The number of aryl methyl sites for hydroxylation is 2. The minimum absolute atomic E-state index is 0.0111. The molecule has 0 aliphatic rings. The molecule has 0 aliphatic heterocycles. The molecule has 0 fully saturated rings. The van der Waals surface area contributed by atoms with Crippen LogP contribution >= 0.6 is 34.8 Å². The van der Waals surface area contributed by atoms with Crippen molar-refractivity contribution in [3.63, 3.8) is 0 Å². The summed E-state index contributed by atoms with van der Waals surface area (Å²) in [7, 11) is -4.20. The summed E-state index contributed by atoms with van der Waals surface area (Å²) in [6.45, 7) is 6.86. The molecule has 3 rings (SSSR count). The molecule has 11 heteroatoms. The lowest BCUT2D eigenvalue weighted by Gasteiger charge is -2.32. The third-order valence-corrected chi connectivity index (χ3v) is 9.34. The van der Waals surface area contributed by atoms with Crippen molar-refractivity contribution >= 4 is 62.3 Å². The highest BCUT2D eigenvalue weighted by Crippen LogP contribution is 2.30. The van der Waals surface area contributed by atoms with Gasteiger partial charge < -0.3 is 10.2 Å². The number of amides is 2. The molecule has 0 heterocycles. The minimum Gasteiger partial charge on any atom is -0.354 e. The maximum Gasteiger partial charge on any atom is 0.264 e. The number of hydrogen-bond acceptors (Lipinski definition) is 4. The number of nitrogens with zero attached hydrogens (tertiary/aromatic N) is 2. The van der Waals surface area contributed by atoms with Gasteiger partial charge >= 0.3 is 0 Å². The molecule has 0 unspecified atom stereocenters. The minimum atomic E-state index is -4.20. The van der Waals surface area contributed by atoms with Gasteiger partial charge in [-0.25, -0.2) is 8.42 Å². The van der Waals surface area contributed by atoms with Crippen LogP contribution in [-0.2, 0) is 26.2 Å². The third kappa shape index (κ3) is 7.49. The van der Waals surface area contributed by atoms with Gasteiger partial charge in [-0.2, -0.15) is 0 Å². The van der Waals surface area contributed by atoms with Crippen molar-refractivity contribution in [2.75, 3.05) is 17.4 Å². The van der Waals surface area contributed by atoms with Gasteiger partial charge in [0.15, 0.2) is 0 Å². The first-order valence-corrected chi connectivity index (χ1v) is 15.3. The van der Waals surface area contributed by atoms with E-state index in [-0.39, 0.29) is 23.0 Å². The second-order valence-electron chi connectivity index (χ2n) is 9.45. The van der Waals surface area contributed by atoms with Gasteiger partial charge in [-0.3, -0.25) is 13.9 Å². The normalized spacial score (nSPS) is 12.1. The summed E-state index contributed by atoms with van der Waals surface area (Å²) in [5.74, 6) is -1.01. The van der Waals surface area contributed by atoms with Crippen molar-refractivity contribution < 1.29 is 18.0 Å². The number of rotatable bonds is 11. The summed E-state index contributed by atoms with van der Waals surface area (Å²) in [6.07, 6.45) is 0.708. The Balaban J connectivity index is 2.08. The van der Waals surface area contributed by atoms with E-state index in [9.17, 15) is 18.0 Å². The summed E-state index contributed by atoms with van der Waals surface area (Å²) in [6, 6.07) is 15.1. The Morgan fingerprint density at radius 1 is 0.925 bits per heavy atom. The van der Waals surface area contributed by atoms with Crippen LogP contribution < -0.4 is 9.62 Å². The zero-order chi connectivity index (χ0) is 29.6. The van der Waals surface area contributed by atoms with E-state index in [0.29, 0.717) is 33.6 Å². The molecule has 1 N–H and O–H groups in total. The van der Waals surface area contributed by atoms with Crippen molar-refractivity contribution in [1.29, 1.82) is 0 Å². The Kier molecular flexibility index (Phi) is 10.9. The lowest BCUT2D eigenvalue weighted by molar-refractivity contribution is -0.139. The van der Waals surface area contributed by atoms with E-state index in [1.54, 1.807) is 56.3 Å². The predicted octanol–water partition coefficient (Wildman–Crippen LogP) is 6.40. The van der Waals surface area contributed by atoms with E-state index < -0.39 is 28.5 Å². The Hall–Kier alpha value is -2.78. The average Bonchev–Trinajstić information content (AvgIpc) is 2.91. The fourth-order valence-corrected chi connectivity index (χ4v) is 6.03. The van der Waals surface area contributed by atoms with Crippen LogP contribution in [0.2, 0.25) is 15.1 Å². The fraction of sp³-hybridized carbons (Fsp3) is 0.310. The van der Waals surface area contributed by atoms with Crippen LogP contribution in [0.15, 0.2) is 65.6 Å². The zero-order valence-electron chi connectivity index (χ0n) is 22.7. The van der Waals surface area contributed by atoms with E-state index in [1.807, 2.05) is 13.8 Å². The molecule has 0 aliphatic carbocycles. The van der Waals surface area contributed by atoms with Gasteiger partial charge in [0.05, 0.1) is 10.6 Å². The fourth-order valence-electron chi connectivity index (χ4n) is 3.94. The van der Waals surface area contributed by atoms with Gasteiger partial charge in [0.25, 0.3) is 10.0 Å². The van der Waals surface area contributed by atoms with Gasteiger partial charge in [0.2, 0.25) is 11.8 Å². The first kappa shape index (κ1) is 31.7. The summed E-state index contributed by atoms with van der Waals surface area (Å²) < 4.78 is 28.8. The summed E-state index contributed by atoms with van der Waals surface area (Å²) in [4.78, 5) is 28.2. The highest BCUT2D eigenvalue weighted by molar-refractivity contribution is 7.92. The molecule has 0 radical (unpaired) electrons. The van der Waals surface area contributed by atoms with Crippen LogP contribution in [0.4, 0.5) is 5.69 Å². The molecule has 0 saturated carbocycles. The second-order valence-corrected chi connectivity index (χ2v) is 12.5. The number of nitrogens with one attached hydrogen (secondary N) is 1. The molecule has 0 saturated heterocycles. The van der Waals surface area contributed by atoms with E-state index in [0.717, 1.165) is 15.4 Å². The lowest BCUT2D eigenvalue weighted by atomic mass is 10.1. The highest BCUT2D eigenvalue weighted by Gasteiger charge is 2.33. The maximum atomic E-state index is 14.0. The molecular formula is C29H32Cl3N3O4S. The van der Waals surface area contributed by atoms with Crippen molar-refractivity contribution in [1.82, 2.24) is 10.2 Å². The Morgan fingerprint density at radius 2 is 1.55 bits per heavy atom. The highest BCUT2D eigenvalue weighted by atomic mass is 35.5. The van der Waals surface area contributed by atoms with Crippen LogP contribution in [0, 0.1) is 13.8 Å². The summed E-state index contributed by atoms with van der Waals surface area (Å²) in [5.41, 5.74) is 2.29. The largest absolute Gasteiger partial charge is 0.354 e. The Labute approximate surface area is 251 Å². The number of carbonyl (C=O) groups excluding carboxylic acids is 2. The zero-order valence-corrected chi connectivity index (χ0v) is 25.8. The lowest BCUT2D eigenvalue weighted by Crippen LogP contribution is -2.51. The topological polar surface area (TPSA) is 86.8 Å². The van der Waals surface area contributed by atoms with Crippen molar-refractivity contribution in [2.24, 2.45) is 0 Å². The maximum absolute atomic E-state index is 14.0. The third-order valence-electron chi connectivity index (χ3n) is 6.44. The van der Waals surface area contributed by atoms with Crippen molar-refractivity contribution in [3.05, 3.63) is 92.4 Å². The standard InChI is InChI=1S/C29H32Cl3N3O4S/c1-5-15-33-29(37)21(4)34(17-24-25(30)7-6-8-26(24)31)28(36)18-35(22-12-11-20(3)27(32)16-22)40(38,39)23-13-9-19(2)10-14-23/h6-14,16,21H,5,15,17-18H2,1-4H3,(H,33,37)/t21-/m0/s1. The molecule has 1 atom stereocenters. The molecule has 0 bridgehead atoms. The first-order chi connectivity index (χ1) is 18.9. The van der Waals surface area contributed by atoms with E-state index in [4.69, 9.17) is 34.8 Å². The van der Waals surface area contributed by atoms with Gasteiger partial charge in [-0.05, 0) is 69.2 Å². The molecule has 0 spiro atoms. The van der Waals surface area contributed by atoms with Crippen LogP contribution in [0.1, 0.15) is 37.0 Å². The average molecular weight is 625 g/mol. The van der Waals surface area contributed by atoms with Crippen molar-refractivity contribution in [2.45, 2.75) is 51.6 Å². The van der Waals surface area contributed by atoms with Gasteiger partial charge in [0.1, 0.15) is 12.6 Å². The molecule has 3 aromatic carbocycles. The van der Waals surface area contributed by atoms with E-state index in [1.165, 1.54) is 23.1 Å². The van der Waals surface area contributed by atoms with Crippen molar-refractivity contribution in [3.8, 4) is 0 Å². The molecule has 7 nitrogen and oxygen atoms in total. The molecule has 3 aromatic rings. The van der Waals surface area contributed by atoms with Gasteiger partial charge in [-0.1, -0.05) is 71.6 Å². The number of anilines is 1. The molecule has 2 amide bonds. The number of sulfonamides is 1. The number of halogens is 3. The Bertz CT molecular complexity index is 1460. The van der Waals surface area contributed by atoms with Crippen LogP contribution in [0.25, 0.3) is 0 Å². The van der Waals surface area contributed by atoms with E-state index >= 15 is 0 Å². The Morgan fingerprint density at radius 3 is 2.12 bits per heavy atom. The predicted molar refractivity (Wildman–Crippen MR) is 162 cm³/mol. The first-order valence-electron chi connectivity index (χ1n) is 12.7. The quantitative estimate of drug-likeness (QED) is 0.267. The van der Waals surface area contributed by atoms with Gasteiger partial charge in [0, 0.05) is 33.7 Å². The van der Waals surface area contributed by atoms with E-state index in [2.05, 4.69) is 5.32 Å². The van der Waals surface area contributed by atoms with Crippen LogP contribution in [-0.4, -0.2) is 44.3 Å². The molecular weight excluding hydrogens is 593 g/mol. The number of hydrogen-bond donors (Lipinski definition) is 1. The van der Waals surface area contributed by atoms with Crippen LogP contribution in [0.3, 0.4) is 0 Å².